The first-order valence-electron chi connectivity index (χ1n) is 5.84. The van der Waals surface area contributed by atoms with Gasteiger partial charge in [-0.3, -0.25) is 4.79 Å². The molecule has 2 atom stereocenters. The number of hydrogen-bond donors (Lipinski definition) is 3. The molecule has 0 spiro atoms. The number of carbonyl (C=O) groups excluding carboxylic acids is 1. The van der Waals surface area contributed by atoms with E-state index in [-0.39, 0.29) is 18.6 Å². The van der Waals surface area contributed by atoms with Crippen molar-refractivity contribution in [3.05, 3.63) is 12.2 Å². The summed E-state index contributed by atoms with van der Waals surface area (Å²) in [6, 6.07) is -0.583. The predicted octanol–water partition coefficient (Wildman–Crippen LogP) is 0.428. The lowest BCUT2D eigenvalue weighted by atomic mass is 10.1. The van der Waals surface area contributed by atoms with Gasteiger partial charge < -0.3 is 20.4 Å². The fourth-order valence-electron chi connectivity index (χ4n) is 1.91. The van der Waals surface area contributed by atoms with Crippen molar-refractivity contribution in [2.24, 2.45) is 5.92 Å². The Morgan fingerprint density at radius 3 is 2.50 bits per heavy atom. The number of aliphatic hydroxyl groups is 1. The Bertz CT molecular complexity index is 360. The molecule has 0 aromatic carbocycles. The van der Waals surface area contributed by atoms with Gasteiger partial charge in [0.25, 0.3) is 0 Å². The van der Waals surface area contributed by atoms with E-state index in [0.29, 0.717) is 6.42 Å². The van der Waals surface area contributed by atoms with Gasteiger partial charge in [0, 0.05) is 7.05 Å². The maximum Gasteiger partial charge on any atom is 0.317 e. The zero-order valence-electron chi connectivity index (χ0n) is 10.9. The van der Waals surface area contributed by atoms with Crippen LogP contribution in [0.3, 0.4) is 0 Å². The number of likely N-dealkylation sites (N-methyl/N-ethyl adjacent to an activating group) is 1. The Labute approximate surface area is 106 Å². The largest absolute Gasteiger partial charge is 0.481 e. The monoisotopic (exact) mass is 256 g/mol. The van der Waals surface area contributed by atoms with Crippen LogP contribution in [0.15, 0.2) is 12.2 Å². The molecule has 2 amide bonds. The van der Waals surface area contributed by atoms with E-state index in [9.17, 15) is 14.7 Å². The maximum absolute atomic E-state index is 11.8. The predicted molar refractivity (Wildman–Crippen MR) is 66.1 cm³/mol. The summed E-state index contributed by atoms with van der Waals surface area (Å²) in [6.45, 7) is 3.44. The summed E-state index contributed by atoms with van der Waals surface area (Å²) in [5.41, 5.74) is -0.957. The molecule has 1 aliphatic carbocycles. The van der Waals surface area contributed by atoms with Gasteiger partial charge in [0.15, 0.2) is 0 Å². The number of nitrogens with one attached hydrogen (secondary N) is 1. The highest BCUT2D eigenvalue weighted by molar-refractivity contribution is 5.76. The summed E-state index contributed by atoms with van der Waals surface area (Å²) in [5.74, 6) is -1.41. The third-order valence-corrected chi connectivity index (χ3v) is 2.68. The minimum absolute atomic E-state index is 0.206. The van der Waals surface area contributed by atoms with Crippen LogP contribution in [-0.4, -0.2) is 52.3 Å². The highest BCUT2D eigenvalue weighted by atomic mass is 16.4. The number of amides is 2. The minimum atomic E-state index is -0.957. The quantitative estimate of drug-likeness (QED) is 0.636. The van der Waals surface area contributed by atoms with E-state index in [4.69, 9.17) is 5.11 Å². The van der Waals surface area contributed by atoms with Crippen molar-refractivity contribution in [1.82, 2.24) is 10.2 Å². The average Bonchev–Trinajstić information content (AvgIpc) is 2.63. The number of carboxylic acids is 1. The van der Waals surface area contributed by atoms with Gasteiger partial charge >= 0.3 is 12.0 Å². The van der Waals surface area contributed by atoms with Gasteiger partial charge in [0.05, 0.1) is 24.1 Å². The molecule has 0 aliphatic heterocycles. The first-order valence-corrected chi connectivity index (χ1v) is 5.84. The van der Waals surface area contributed by atoms with E-state index >= 15 is 0 Å². The summed E-state index contributed by atoms with van der Waals surface area (Å²) < 4.78 is 0. The van der Waals surface area contributed by atoms with Gasteiger partial charge in [-0.1, -0.05) is 12.2 Å². The van der Waals surface area contributed by atoms with Crippen LogP contribution >= 0.6 is 0 Å². The first kappa shape index (κ1) is 14.5. The Kier molecular flexibility index (Phi) is 4.34. The van der Waals surface area contributed by atoms with Crippen LogP contribution < -0.4 is 5.32 Å². The molecule has 1 aliphatic rings. The van der Waals surface area contributed by atoms with Crippen LogP contribution in [0.25, 0.3) is 0 Å². The lowest BCUT2D eigenvalue weighted by molar-refractivity contribution is -0.140. The fourth-order valence-corrected chi connectivity index (χ4v) is 1.91. The second-order valence-corrected chi connectivity index (χ2v) is 5.29. The van der Waals surface area contributed by atoms with Crippen molar-refractivity contribution in [2.75, 3.05) is 13.6 Å². The second-order valence-electron chi connectivity index (χ2n) is 5.29. The van der Waals surface area contributed by atoms with Gasteiger partial charge in [-0.15, -0.1) is 0 Å². The van der Waals surface area contributed by atoms with Crippen LogP contribution in [0.4, 0.5) is 4.79 Å². The van der Waals surface area contributed by atoms with E-state index in [1.54, 1.807) is 33.0 Å². The SMILES string of the molecule is CN(CC(C)(C)O)C(=O)NC1C=CC(C(=O)O)C1. The number of urea groups is 1. The number of rotatable bonds is 4. The van der Waals surface area contributed by atoms with E-state index in [2.05, 4.69) is 5.32 Å². The molecule has 1 rings (SSSR count). The second kappa shape index (κ2) is 5.39. The van der Waals surface area contributed by atoms with Crippen molar-refractivity contribution >= 4 is 12.0 Å². The molecule has 0 aromatic rings. The summed E-state index contributed by atoms with van der Waals surface area (Å²) in [6.07, 6.45) is 3.65. The molecule has 3 N–H and O–H groups in total. The van der Waals surface area contributed by atoms with Gasteiger partial charge in [0.2, 0.25) is 0 Å². The lowest BCUT2D eigenvalue weighted by Crippen LogP contribution is -2.47. The average molecular weight is 256 g/mol. The Balaban J connectivity index is 2.43. The molecule has 0 bridgehead atoms. The summed E-state index contributed by atoms with van der Waals surface area (Å²) >= 11 is 0. The van der Waals surface area contributed by atoms with Crippen molar-refractivity contribution < 1.29 is 19.8 Å². The van der Waals surface area contributed by atoms with E-state index < -0.39 is 17.5 Å². The number of hydrogen-bond acceptors (Lipinski definition) is 3. The normalized spacial score (nSPS) is 22.9. The van der Waals surface area contributed by atoms with Crippen molar-refractivity contribution in [3.8, 4) is 0 Å². The minimum Gasteiger partial charge on any atom is -0.481 e. The summed E-state index contributed by atoms with van der Waals surface area (Å²) in [7, 11) is 1.58. The van der Waals surface area contributed by atoms with E-state index in [1.165, 1.54) is 4.90 Å². The number of nitrogens with zero attached hydrogens (tertiary/aromatic N) is 1. The maximum atomic E-state index is 11.8. The van der Waals surface area contributed by atoms with Crippen molar-refractivity contribution in [3.63, 3.8) is 0 Å². The summed E-state index contributed by atoms with van der Waals surface area (Å²) in [4.78, 5) is 23.9. The molecular formula is C12H20N2O4. The molecule has 102 valence electrons. The van der Waals surface area contributed by atoms with Crippen molar-refractivity contribution in [2.45, 2.75) is 31.9 Å². The highest BCUT2D eigenvalue weighted by Gasteiger charge is 2.27. The molecule has 0 aromatic heterocycles. The molecular weight excluding hydrogens is 236 g/mol. The van der Waals surface area contributed by atoms with Crippen LogP contribution in [0.1, 0.15) is 20.3 Å². The Morgan fingerprint density at radius 2 is 2.06 bits per heavy atom. The zero-order chi connectivity index (χ0) is 13.9. The van der Waals surface area contributed by atoms with E-state index in [0.717, 1.165) is 0 Å². The van der Waals surface area contributed by atoms with Gasteiger partial charge in [0.1, 0.15) is 0 Å². The van der Waals surface area contributed by atoms with Crippen molar-refractivity contribution in [1.29, 1.82) is 0 Å². The molecule has 18 heavy (non-hydrogen) atoms. The zero-order valence-corrected chi connectivity index (χ0v) is 10.9. The number of aliphatic carboxylic acids is 1. The van der Waals surface area contributed by atoms with Crippen LogP contribution in [0.2, 0.25) is 0 Å². The molecule has 6 heteroatoms. The molecule has 0 fully saturated rings. The van der Waals surface area contributed by atoms with Gasteiger partial charge in [-0.05, 0) is 20.3 Å². The fraction of sp³-hybridized carbons (Fsp3) is 0.667. The Morgan fingerprint density at radius 1 is 1.44 bits per heavy atom. The smallest absolute Gasteiger partial charge is 0.317 e. The Hall–Kier alpha value is -1.56. The molecule has 0 heterocycles. The standard InChI is InChI=1S/C12H20N2O4/c1-12(2,18)7-14(3)11(17)13-9-5-4-8(6-9)10(15)16/h4-5,8-9,18H,6-7H2,1-3H3,(H,13,17)(H,15,16). The van der Waals surface area contributed by atoms with Crippen LogP contribution in [0.5, 0.6) is 0 Å². The molecule has 0 saturated heterocycles. The van der Waals surface area contributed by atoms with Crippen LogP contribution in [-0.2, 0) is 4.79 Å². The third kappa shape index (κ3) is 4.37. The van der Waals surface area contributed by atoms with Gasteiger partial charge in [-0.25, -0.2) is 4.79 Å². The third-order valence-electron chi connectivity index (χ3n) is 2.68. The highest BCUT2D eigenvalue weighted by Crippen LogP contribution is 2.18. The van der Waals surface area contributed by atoms with Gasteiger partial charge in [-0.2, -0.15) is 0 Å². The summed E-state index contributed by atoms with van der Waals surface area (Å²) in [5, 5.41) is 21.1. The number of carbonyl (C=O) groups is 2. The van der Waals surface area contributed by atoms with Crippen LogP contribution in [0, 0.1) is 5.92 Å². The molecule has 0 saturated carbocycles. The number of carboxylic acid groups (broad SMARTS) is 1. The molecule has 0 radical (unpaired) electrons. The first-order chi connectivity index (χ1) is 8.19. The molecule has 6 nitrogen and oxygen atoms in total. The lowest BCUT2D eigenvalue weighted by Gasteiger charge is -2.26. The molecule has 2 unspecified atom stereocenters. The van der Waals surface area contributed by atoms with E-state index in [1.807, 2.05) is 0 Å². The topological polar surface area (TPSA) is 89.9 Å².